The average Bonchev–Trinajstić information content (AvgIpc) is 2.66. The summed E-state index contributed by atoms with van der Waals surface area (Å²) in [5, 5.41) is 2.88. The lowest BCUT2D eigenvalue weighted by Gasteiger charge is -2.25. The van der Waals surface area contributed by atoms with Gasteiger partial charge in [-0.3, -0.25) is 9.59 Å². The standard InChI is InChI=1S/C17H22N2O2/c20-16-12-19(11-14-8-4-5-9-15(14)18-16)17(21)10-13-6-2-1-3-7-13/h4-5,8-9,13H,1-3,6-7,10-12H2,(H,18,20). The Morgan fingerprint density at radius 3 is 2.71 bits per heavy atom. The van der Waals surface area contributed by atoms with E-state index in [0.717, 1.165) is 24.1 Å². The monoisotopic (exact) mass is 286 g/mol. The first-order valence-electron chi connectivity index (χ1n) is 7.88. The fourth-order valence-corrected chi connectivity index (χ4v) is 3.35. The van der Waals surface area contributed by atoms with Crippen LogP contribution in [0.2, 0.25) is 0 Å². The van der Waals surface area contributed by atoms with Crippen LogP contribution in [0.25, 0.3) is 0 Å². The third-order valence-corrected chi connectivity index (χ3v) is 4.53. The lowest BCUT2D eigenvalue weighted by molar-refractivity contribution is -0.136. The minimum atomic E-state index is -0.100. The zero-order chi connectivity index (χ0) is 14.7. The molecule has 1 aromatic carbocycles. The van der Waals surface area contributed by atoms with Crippen LogP contribution in [0.1, 0.15) is 44.1 Å². The number of benzene rings is 1. The number of fused-ring (bicyclic) bond motifs is 1. The van der Waals surface area contributed by atoms with Gasteiger partial charge in [-0.2, -0.15) is 0 Å². The fourth-order valence-electron chi connectivity index (χ4n) is 3.35. The summed E-state index contributed by atoms with van der Waals surface area (Å²) >= 11 is 0. The van der Waals surface area contributed by atoms with Gasteiger partial charge >= 0.3 is 0 Å². The van der Waals surface area contributed by atoms with Crippen molar-refractivity contribution in [1.82, 2.24) is 4.90 Å². The molecule has 1 saturated carbocycles. The largest absolute Gasteiger partial charge is 0.329 e. The lowest BCUT2D eigenvalue weighted by atomic mass is 9.86. The topological polar surface area (TPSA) is 49.4 Å². The minimum absolute atomic E-state index is 0.100. The third kappa shape index (κ3) is 3.43. The number of hydrogen-bond acceptors (Lipinski definition) is 2. The Labute approximate surface area is 125 Å². The second-order valence-corrected chi connectivity index (χ2v) is 6.16. The van der Waals surface area contributed by atoms with E-state index in [2.05, 4.69) is 5.32 Å². The number of carbonyl (C=O) groups is 2. The van der Waals surface area contributed by atoms with Gasteiger partial charge in [-0.25, -0.2) is 0 Å². The number of para-hydroxylation sites is 1. The Morgan fingerprint density at radius 1 is 1.14 bits per heavy atom. The van der Waals surface area contributed by atoms with Crippen LogP contribution in [-0.4, -0.2) is 23.3 Å². The van der Waals surface area contributed by atoms with E-state index in [4.69, 9.17) is 0 Å². The van der Waals surface area contributed by atoms with Crippen molar-refractivity contribution in [1.29, 1.82) is 0 Å². The number of carbonyl (C=O) groups excluding carboxylic acids is 2. The molecular weight excluding hydrogens is 264 g/mol. The van der Waals surface area contributed by atoms with Gasteiger partial charge in [-0.15, -0.1) is 0 Å². The summed E-state index contributed by atoms with van der Waals surface area (Å²) in [7, 11) is 0. The Morgan fingerprint density at radius 2 is 1.90 bits per heavy atom. The van der Waals surface area contributed by atoms with Crippen molar-refractivity contribution in [3.8, 4) is 0 Å². The Hall–Kier alpha value is -1.84. The first-order valence-corrected chi connectivity index (χ1v) is 7.88. The molecule has 2 amide bonds. The Kier molecular flexibility index (Phi) is 4.23. The zero-order valence-electron chi connectivity index (χ0n) is 12.3. The van der Waals surface area contributed by atoms with Gasteiger partial charge in [0.2, 0.25) is 11.8 Å². The molecular formula is C17H22N2O2. The first kappa shape index (κ1) is 14.1. The molecule has 0 aromatic heterocycles. The predicted molar refractivity (Wildman–Crippen MR) is 81.7 cm³/mol. The molecule has 21 heavy (non-hydrogen) atoms. The van der Waals surface area contributed by atoms with Crippen molar-refractivity contribution < 1.29 is 9.59 Å². The summed E-state index contributed by atoms with van der Waals surface area (Å²) in [6.07, 6.45) is 6.67. The fraction of sp³-hybridized carbons (Fsp3) is 0.529. The maximum Gasteiger partial charge on any atom is 0.244 e. The van der Waals surface area contributed by atoms with Crippen molar-refractivity contribution in [2.45, 2.75) is 45.1 Å². The molecule has 4 nitrogen and oxygen atoms in total. The second kappa shape index (κ2) is 6.29. The van der Waals surface area contributed by atoms with Crippen molar-refractivity contribution in [2.24, 2.45) is 5.92 Å². The van der Waals surface area contributed by atoms with Crippen molar-refractivity contribution in [3.63, 3.8) is 0 Å². The van der Waals surface area contributed by atoms with Gasteiger partial charge in [0.05, 0.1) is 0 Å². The van der Waals surface area contributed by atoms with E-state index in [1.165, 1.54) is 19.3 Å². The van der Waals surface area contributed by atoms with Crippen LogP contribution >= 0.6 is 0 Å². The molecule has 1 aliphatic carbocycles. The maximum atomic E-state index is 12.5. The highest BCUT2D eigenvalue weighted by molar-refractivity contribution is 5.96. The molecule has 1 N–H and O–H groups in total. The smallest absolute Gasteiger partial charge is 0.244 e. The van der Waals surface area contributed by atoms with E-state index >= 15 is 0 Å². The van der Waals surface area contributed by atoms with E-state index in [0.29, 0.717) is 18.9 Å². The third-order valence-electron chi connectivity index (χ3n) is 4.53. The molecule has 0 spiro atoms. The predicted octanol–water partition coefficient (Wildman–Crippen LogP) is 2.94. The SMILES string of the molecule is O=C1CN(C(=O)CC2CCCCC2)Cc2ccccc2N1. The summed E-state index contributed by atoms with van der Waals surface area (Å²) in [6, 6.07) is 7.71. The highest BCUT2D eigenvalue weighted by Crippen LogP contribution is 2.28. The number of nitrogens with one attached hydrogen (secondary N) is 1. The molecule has 1 aromatic rings. The first-order chi connectivity index (χ1) is 10.2. The van der Waals surface area contributed by atoms with E-state index in [-0.39, 0.29) is 18.4 Å². The van der Waals surface area contributed by atoms with Gasteiger partial charge in [-0.1, -0.05) is 37.5 Å². The van der Waals surface area contributed by atoms with E-state index in [1.807, 2.05) is 24.3 Å². The maximum absolute atomic E-state index is 12.5. The van der Waals surface area contributed by atoms with Crippen LogP contribution < -0.4 is 5.32 Å². The number of nitrogens with zero attached hydrogens (tertiary/aromatic N) is 1. The van der Waals surface area contributed by atoms with Gasteiger partial charge in [0.25, 0.3) is 0 Å². The van der Waals surface area contributed by atoms with Crippen molar-refractivity contribution >= 4 is 17.5 Å². The van der Waals surface area contributed by atoms with Gasteiger partial charge in [-0.05, 0) is 30.4 Å². The number of rotatable bonds is 2. The van der Waals surface area contributed by atoms with Crippen LogP contribution in [0.15, 0.2) is 24.3 Å². The summed E-state index contributed by atoms with van der Waals surface area (Å²) in [4.78, 5) is 26.2. The molecule has 1 aliphatic heterocycles. The second-order valence-electron chi connectivity index (χ2n) is 6.16. The van der Waals surface area contributed by atoms with Crippen LogP contribution in [0.3, 0.4) is 0 Å². The van der Waals surface area contributed by atoms with Gasteiger partial charge in [0, 0.05) is 18.7 Å². The van der Waals surface area contributed by atoms with Crippen molar-refractivity contribution in [3.05, 3.63) is 29.8 Å². The molecule has 1 heterocycles. The molecule has 0 radical (unpaired) electrons. The van der Waals surface area contributed by atoms with Gasteiger partial charge < -0.3 is 10.2 Å². The molecule has 4 heteroatoms. The number of amides is 2. The zero-order valence-corrected chi connectivity index (χ0v) is 12.3. The van der Waals surface area contributed by atoms with Crippen LogP contribution in [0.5, 0.6) is 0 Å². The molecule has 2 aliphatic rings. The Bertz CT molecular complexity index is 535. The molecule has 1 fully saturated rings. The molecule has 0 saturated heterocycles. The number of hydrogen-bond donors (Lipinski definition) is 1. The highest BCUT2D eigenvalue weighted by atomic mass is 16.2. The summed E-state index contributed by atoms with van der Waals surface area (Å²) in [5.74, 6) is 0.526. The van der Waals surface area contributed by atoms with Crippen molar-refractivity contribution in [2.75, 3.05) is 11.9 Å². The molecule has 0 atom stereocenters. The van der Waals surface area contributed by atoms with E-state index in [9.17, 15) is 9.59 Å². The average molecular weight is 286 g/mol. The van der Waals surface area contributed by atoms with E-state index < -0.39 is 0 Å². The molecule has 0 unspecified atom stereocenters. The Balaban J connectivity index is 1.69. The number of anilines is 1. The molecule has 3 rings (SSSR count). The molecule has 0 bridgehead atoms. The van der Waals surface area contributed by atoms with Gasteiger partial charge in [0.15, 0.2) is 0 Å². The summed E-state index contributed by atoms with van der Waals surface area (Å²) in [5.41, 5.74) is 1.84. The minimum Gasteiger partial charge on any atom is -0.329 e. The normalized spacial score (nSPS) is 19.6. The van der Waals surface area contributed by atoms with E-state index in [1.54, 1.807) is 4.90 Å². The summed E-state index contributed by atoms with van der Waals surface area (Å²) < 4.78 is 0. The van der Waals surface area contributed by atoms with Crippen LogP contribution in [0, 0.1) is 5.92 Å². The lowest BCUT2D eigenvalue weighted by Crippen LogP contribution is -2.36. The summed E-state index contributed by atoms with van der Waals surface area (Å²) in [6.45, 7) is 0.695. The molecule has 112 valence electrons. The quantitative estimate of drug-likeness (QED) is 0.908. The van der Waals surface area contributed by atoms with Crippen LogP contribution in [-0.2, 0) is 16.1 Å². The van der Waals surface area contributed by atoms with Crippen LogP contribution in [0.4, 0.5) is 5.69 Å². The highest BCUT2D eigenvalue weighted by Gasteiger charge is 2.25. The van der Waals surface area contributed by atoms with Gasteiger partial charge in [0.1, 0.15) is 6.54 Å².